The van der Waals surface area contributed by atoms with Gasteiger partial charge in [-0.25, -0.2) is 4.98 Å². The van der Waals surface area contributed by atoms with Gasteiger partial charge in [-0.05, 0) is 54.8 Å². The van der Waals surface area contributed by atoms with Crippen LogP contribution in [0.5, 0.6) is 0 Å². The maximum atomic E-state index is 12.6. The molecule has 1 aromatic heterocycles. The van der Waals surface area contributed by atoms with Gasteiger partial charge in [0.2, 0.25) is 11.8 Å². The van der Waals surface area contributed by atoms with Crippen molar-refractivity contribution in [1.82, 2.24) is 14.9 Å². The molecular weight excluding hydrogens is 372 g/mol. The Hall–Kier alpha value is -2.80. The van der Waals surface area contributed by atoms with Gasteiger partial charge in [0.1, 0.15) is 12.4 Å². The van der Waals surface area contributed by atoms with E-state index >= 15 is 0 Å². The molecular formula is C21H24N4O2S. The lowest BCUT2D eigenvalue weighted by Crippen LogP contribution is -2.43. The number of carbonyl (C=O) groups excluding carboxylic acids is 2. The van der Waals surface area contributed by atoms with Crippen LogP contribution in [0, 0.1) is 0 Å². The number of fused-ring (bicyclic) bond motifs is 1. The molecule has 1 unspecified atom stereocenters. The predicted molar refractivity (Wildman–Crippen MR) is 115 cm³/mol. The Morgan fingerprint density at radius 3 is 2.61 bits per heavy atom. The molecule has 0 aliphatic rings. The number of aromatic nitrogens is 2. The lowest BCUT2D eigenvalue weighted by atomic mass is 10.2. The summed E-state index contributed by atoms with van der Waals surface area (Å²) in [5.41, 5.74) is 3.62. The molecule has 2 amide bonds. The highest BCUT2D eigenvalue weighted by atomic mass is 32.2. The minimum atomic E-state index is -0.530. The molecule has 7 heteroatoms. The molecule has 0 spiro atoms. The van der Waals surface area contributed by atoms with Gasteiger partial charge in [0.15, 0.2) is 0 Å². The van der Waals surface area contributed by atoms with E-state index < -0.39 is 6.04 Å². The molecule has 28 heavy (non-hydrogen) atoms. The van der Waals surface area contributed by atoms with Crippen LogP contribution >= 0.6 is 11.8 Å². The molecule has 2 N–H and O–H groups in total. The van der Waals surface area contributed by atoms with Gasteiger partial charge in [0.25, 0.3) is 0 Å². The maximum absolute atomic E-state index is 12.6. The Balaban J connectivity index is 1.72. The van der Waals surface area contributed by atoms with Crippen molar-refractivity contribution in [3.8, 4) is 5.69 Å². The average Bonchev–Trinajstić information content (AvgIpc) is 3.15. The third-order valence-electron chi connectivity index (χ3n) is 4.45. The summed E-state index contributed by atoms with van der Waals surface area (Å²) in [5.74, 6) is 0.481. The normalized spacial score (nSPS) is 11.9. The summed E-state index contributed by atoms with van der Waals surface area (Å²) >= 11 is 1.65. The van der Waals surface area contributed by atoms with Crippen LogP contribution in [-0.4, -0.2) is 39.4 Å². The number of nitrogens with zero attached hydrogens (tertiary/aromatic N) is 2. The van der Waals surface area contributed by atoms with Gasteiger partial charge in [-0.3, -0.25) is 14.2 Å². The van der Waals surface area contributed by atoms with Crippen molar-refractivity contribution in [2.24, 2.45) is 0 Å². The second-order valence-electron chi connectivity index (χ2n) is 6.39. The first-order valence-corrected chi connectivity index (χ1v) is 10.6. The third kappa shape index (κ3) is 4.72. The summed E-state index contributed by atoms with van der Waals surface area (Å²) in [5, 5.41) is 5.70. The van der Waals surface area contributed by atoms with E-state index in [1.54, 1.807) is 25.0 Å². The van der Waals surface area contributed by atoms with Crippen molar-refractivity contribution in [3.05, 3.63) is 54.9 Å². The van der Waals surface area contributed by atoms with Crippen molar-refractivity contribution >= 4 is 40.3 Å². The van der Waals surface area contributed by atoms with E-state index in [0.29, 0.717) is 18.5 Å². The van der Waals surface area contributed by atoms with Gasteiger partial charge in [0, 0.05) is 17.8 Å². The summed E-state index contributed by atoms with van der Waals surface area (Å²) in [4.78, 5) is 28.7. The molecule has 1 atom stereocenters. The van der Waals surface area contributed by atoms with Gasteiger partial charge in [0.05, 0.1) is 11.0 Å². The van der Waals surface area contributed by atoms with Crippen LogP contribution in [0.25, 0.3) is 16.7 Å². The number of thioether (sulfide) groups is 1. The molecule has 1 heterocycles. The number of carbonyl (C=O) groups is 2. The summed E-state index contributed by atoms with van der Waals surface area (Å²) in [6.07, 6.45) is 4.72. The number of rotatable bonds is 8. The molecule has 6 nitrogen and oxygen atoms in total. The van der Waals surface area contributed by atoms with Crippen LogP contribution < -0.4 is 10.6 Å². The predicted octanol–water partition coefficient (Wildman–Crippen LogP) is 3.61. The molecule has 0 fully saturated rings. The Morgan fingerprint density at radius 1 is 1.14 bits per heavy atom. The molecule has 0 aliphatic heterocycles. The fourth-order valence-electron chi connectivity index (χ4n) is 2.90. The molecule has 0 radical (unpaired) electrons. The number of benzene rings is 2. The average molecular weight is 397 g/mol. The van der Waals surface area contributed by atoms with E-state index in [2.05, 4.69) is 15.6 Å². The van der Waals surface area contributed by atoms with Gasteiger partial charge >= 0.3 is 0 Å². The van der Waals surface area contributed by atoms with Gasteiger partial charge in [-0.1, -0.05) is 19.1 Å². The molecule has 146 valence electrons. The zero-order chi connectivity index (χ0) is 19.9. The first-order valence-electron chi connectivity index (χ1n) is 9.24. The highest BCUT2D eigenvalue weighted by Gasteiger charge is 2.20. The lowest BCUT2D eigenvalue weighted by Gasteiger charge is -2.18. The topological polar surface area (TPSA) is 76.0 Å². The highest BCUT2D eigenvalue weighted by molar-refractivity contribution is 7.98. The number of nitrogens with one attached hydrogen (secondary N) is 2. The van der Waals surface area contributed by atoms with Crippen molar-refractivity contribution in [3.63, 3.8) is 0 Å². The number of anilines is 1. The van der Waals surface area contributed by atoms with Crippen LogP contribution in [-0.2, 0) is 9.59 Å². The second kappa shape index (κ2) is 9.41. The number of imidazole rings is 1. The van der Waals surface area contributed by atoms with Crippen LogP contribution in [0.1, 0.15) is 19.8 Å². The molecule has 0 saturated carbocycles. The van der Waals surface area contributed by atoms with Crippen LogP contribution in [0.15, 0.2) is 54.9 Å². The Kier molecular flexibility index (Phi) is 6.71. The van der Waals surface area contributed by atoms with E-state index in [-0.39, 0.29) is 11.8 Å². The number of hydrogen-bond acceptors (Lipinski definition) is 4. The first-order chi connectivity index (χ1) is 13.6. The number of amides is 2. The minimum Gasteiger partial charge on any atom is -0.344 e. The van der Waals surface area contributed by atoms with E-state index in [0.717, 1.165) is 22.5 Å². The number of para-hydroxylation sites is 2. The fourth-order valence-corrected chi connectivity index (χ4v) is 3.37. The summed E-state index contributed by atoms with van der Waals surface area (Å²) < 4.78 is 2.00. The smallest absolute Gasteiger partial charge is 0.246 e. The zero-order valence-electron chi connectivity index (χ0n) is 16.0. The summed E-state index contributed by atoms with van der Waals surface area (Å²) in [6.45, 7) is 1.78. The second-order valence-corrected chi connectivity index (χ2v) is 7.38. The molecule has 0 aliphatic carbocycles. The molecule has 0 saturated heterocycles. The van der Waals surface area contributed by atoms with Crippen molar-refractivity contribution in [2.75, 3.05) is 17.3 Å². The SMILES string of the molecule is CCC(=O)NC(CCSC)C(=O)Nc1ccc(-n2cnc3ccccc32)cc1. The third-order valence-corrected chi connectivity index (χ3v) is 5.09. The first kappa shape index (κ1) is 19.9. The molecule has 3 aromatic rings. The van der Waals surface area contributed by atoms with Crippen LogP contribution in [0.3, 0.4) is 0 Å². The quantitative estimate of drug-likeness (QED) is 0.610. The Bertz CT molecular complexity index is 952. The van der Waals surface area contributed by atoms with E-state index in [4.69, 9.17) is 0 Å². The van der Waals surface area contributed by atoms with Crippen molar-refractivity contribution in [1.29, 1.82) is 0 Å². The van der Waals surface area contributed by atoms with Crippen molar-refractivity contribution in [2.45, 2.75) is 25.8 Å². The standard InChI is InChI=1S/C21H24N4O2S/c1-3-20(26)24-18(12-13-28-2)21(27)23-15-8-10-16(11-9-15)25-14-22-17-6-4-5-7-19(17)25/h4-11,14,18H,3,12-13H2,1-2H3,(H,23,27)(H,24,26). The van der Waals surface area contributed by atoms with E-state index in [1.165, 1.54) is 0 Å². The summed E-state index contributed by atoms with van der Waals surface area (Å²) in [6, 6.07) is 15.0. The molecule has 3 rings (SSSR count). The molecule has 2 aromatic carbocycles. The largest absolute Gasteiger partial charge is 0.344 e. The number of hydrogen-bond donors (Lipinski definition) is 2. The van der Waals surface area contributed by atoms with Crippen LogP contribution in [0.2, 0.25) is 0 Å². The Morgan fingerprint density at radius 2 is 1.89 bits per heavy atom. The Labute approximate surface area is 168 Å². The van der Waals surface area contributed by atoms with Gasteiger partial charge in [-0.2, -0.15) is 11.8 Å². The van der Waals surface area contributed by atoms with Gasteiger partial charge in [-0.15, -0.1) is 0 Å². The van der Waals surface area contributed by atoms with Gasteiger partial charge < -0.3 is 10.6 Å². The van der Waals surface area contributed by atoms with E-state index in [9.17, 15) is 9.59 Å². The molecule has 0 bridgehead atoms. The minimum absolute atomic E-state index is 0.122. The zero-order valence-corrected chi connectivity index (χ0v) is 16.8. The lowest BCUT2D eigenvalue weighted by molar-refractivity contribution is -0.126. The van der Waals surface area contributed by atoms with E-state index in [1.807, 2.05) is 59.4 Å². The fraction of sp³-hybridized carbons (Fsp3) is 0.286. The highest BCUT2D eigenvalue weighted by Crippen LogP contribution is 2.19. The van der Waals surface area contributed by atoms with Crippen LogP contribution in [0.4, 0.5) is 5.69 Å². The maximum Gasteiger partial charge on any atom is 0.246 e. The monoisotopic (exact) mass is 396 g/mol. The summed E-state index contributed by atoms with van der Waals surface area (Å²) in [7, 11) is 0. The van der Waals surface area contributed by atoms with Crippen molar-refractivity contribution < 1.29 is 9.59 Å².